The first-order chi connectivity index (χ1) is 9.97. The number of ether oxygens (including phenoxy) is 1. The van der Waals surface area contributed by atoms with Crippen LogP contribution in [0.15, 0.2) is 12.1 Å². The fourth-order valence-electron chi connectivity index (χ4n) is 2.20. The Morgan fingerprint density at radius 3 is 2.67 bits per heavy atom. The molecule has 0 aromatic carbocycles. The minimum Gasteiger partial charge on any atom is -0.448 e. The van der Waals surface area contributed by atoms with Crippen LogP contribution in [0.3, 0.4) is 0 Å². The van der Waals surface area contributed by atoms with Gasteiger partial charge in [0.1, 0.15) is 4.88 Å². The molecule has 0 unspecified atom stereocenters. The summed E-state index contributed by atoms with van der Waals surface area (Å²) in [4.78, 5) is 33.8. The van der Waals surface area contributed by atoms with Gasteiger partial charge in [-0.3, -0.25) is 14.9 Å². The van der Waals surface area contributed by atoms with E-state index in [2.05, 4.69) is 5.32 Å². The van der Waals surface area contributed by atoms with Crippen molar-refractivity contribution < 1.29 is 19.2 Å². The third-order valence-electron chi connectivity index (χ3n) is 3.33. The summed E-state index contributed by atoms with van der Waals surface area (Å²) in [6, 6.07) is 2.72. The largest absolute Gasteiger partial charge is 0.448 e. The number of hydrogen-bond donors (Lipinski definition) is 1. The van der Waals surface area contributed by atoms with Crippen molar-refractivity contribution in [3.63, 3.8) is 0 Å². The zero-order chi connectivity index (χ0) is 15.4. The summed E-state index contributed by atoms with van der Waals surface area (Å²) in [7, 11) is 0. The van der Waals surface area contributed by atoms with Gasteiger partial charge in [-0.1, -0.05) is 24.2 Å². The summed E-state index contributed by atoms with van der Waals surface area (Å²) < 4.78 is 5.04. The van der Waals surface area contributed by atoms with E-state index >= 15 is 0 Å². The van der Waals surface area contributed by atoms with Gasteiger partial charge in [0, 0.05) is 12.1 Å². The average molecular weight is 312 g/mol. The highest BCUT2D eigenvalue weighted by atomic mass is 32.1. The third kappa shape index (κ3) is 4.01. The zero-order valence-corrected chi connectivity index (χ0v) is 12.4. The predicted molar refractivity (Wildman–Crippen MR) is 76.2 cm³/mol. The van der Waals surface area contributed by atoms with Crippen molar-refractivity contribution in [3.05, 3.63) is 27.1 Å². The van der Waals surface area contributed by atoms with Gasteiger partial charge in [-0.15, -0.1) is 0 Å². The van der Waals surface area contributed by atoms with E-state index in [-0.39, 0.29) is 21.8 Å². The Hall–Kier alpha value is -1.96. The molecular weight excluding hydrogens is 296 g/mol. The Kier molecular flexibility index (Phi) is 4.89. The number of esters is 1. The van der Waals surface area contributed by atoms with Gasteiger partial charge in [0.25, 0.3) is 5.91 Å². The van der Waals surface area contributed by atoms with Crippen molar-refractivity contribution in [2.45, 2.75) is 44.8 Å². The smallest absolute Gasteiger partial charge is 0.349 e. The number of carbonyl (C=O) groups is 2. The van der Waals surface area contributed by atoms with E-state index in [4.69, 9.17) is 4.74 Å². The lowest BCUT2D eigenvalue weighted by molar-refractivity contribution is -0.380. The molecule has 114 valence electrons. The van der Waals surface area contributed by atoms with Gasteiger partial charge in [0.2, 0.25) is 0 Å². The van der Waals surface area contributed by atoms with Crippen LogP contribution < -0.4 is 5.32 Å². The third-order valence-corrected chi connectivity index (χ3v) is 4.34. The summed E-state index contributed by atoms with van der Waals surface area (Å²) in [5.74, 6) is -1.05. The molecule has 1 N–H and O–H groups in total. The molecule has 1 saturated carbocycles. The molecule has 0 radical (unpaired) electrons. The van der Waals surface area contributed by atoms with Crippen molar-refractivity contribution >= 4 is 28.2 Å². The maximum atomic E-state index is 11.9. The number of hydrogen-bond acceptors (Lipinski definition) is 6. The van der Waals surface area contributed by atoms with E-state index in [1.165, 1.54) is 19.1 Å². The van der Waals surface area contributed by atoms with Gasteiger partial charge in [-0.2, -0.15) is 0 Å². The molecule has 2 rings (SSSR count). The van der Waals surface area contributed by atoms with Crippen LogP contribution in [0.5, 0.6) is 0 Å². The van der Waals surface area contributed by atoms with Crippen molar-refractivity contribution in [2.24, 2.45) is 0 Å². The molecular formula is C13H16N2O5S. The second-order valence-electron chi connectivity index (χ2n) is 4.93. The second kappa shape index (κ2) is 6.66. The molecule has 1 heterocycles. The van der Waals surface area contributed by atoms with E-state index in [1.807, 2.05) is 0 Å². The predicted octanol–water partition coefficient (Wildman–Crippen LogP) is 2.26. The number of amides is 1. The monoisotopic (exact) mass is 312 g/mol. The highest BCUT2D eigenvalue weighted by Gasteiger charge is 2.24. The Bertz CT molecular complexity index is 551. The van der Waals surface area contributed by atoms with Crippen LogP contribution in [-0.4, -0.2) is 28.9 Å². The lowest BCUT2D eigenvalue weighted by Gasteiger charge is -2.16. The topological polar surface area (TPSA) is 98.5 Å². The number of nitrogens with one attached hydrogen (secondary N) is 1. The summed E-state index contributed by atoms with van der Waals surface area (Å²) >= 11 is 0.730. The first-order valence-electron chi connectivity index (χ1n) is 6.73. The van der Waals surface area contributed by atoms with Crippen molar-refractivity contribution in [1.29, 1.82) is 0 Å². The molecule has 21 heavy (non-hydrogen) atoms. The van der Waals surface area contributed by atoms with Gasteiger partial charge in [-0.25, -0.2) is 4.79 Å². The fraction of sp³-hybridized carbons (Fsp3) is 0.538. The van der Waals surface area contributed by atoms with Gasteiger partial charge >= 0.3 is 11.0 Å². The Morgan fingerprint density at radius 1 is 1.43 bits per heavy atom. The highest BCUT2D eigenvalue weighted by molar-refractivity contribution is 7.17. The normalized spacial score (nSPS) is 16.4. The Balaban J connectivity index is 1.88. The Morgan fingerprint density at radius 2 is 2.10 bits per heavy atom. The van der Waals surface area contributed by atoms with E-state index in [1.54, 1.807) is 0 Å². The first-order valence-corrected chi connectivity index (χ1v) is 7.54. The molecule has 0 aliphatic heterocycles. The number of carbonyl (C=O) groups excluding carboxylic acids is 2. The van der Waals surface area contributed by atoms with Crippen LogP contribution in [0.4, 0.5) is 5.00 Å². The Labute approximate surface area is 125 Å². The number of thiophene rings is 1. The van der Waals surface area contributed by atoms with Crippen LogP contribution in [-0.2, 0) is 9.53 Å². The quantitative estimate of drug-likeness (QED) is 0.511. The molecule has 1 fully saturated rings. The lowest BCUT2D eigenvalue weighted by Crippen LogP contribution is -2.40. The SMILES string of the molecule is C[C@@H](OC(=O)c1ccc([N+](=O)[O-])s1)C(=O)NC1CCCC1. The number of nitro groups is 1. The lowest BCUT2D eigenvalue weighted by atomic mass is 10.2. The van der Waals surface area contributed by atoms with Crippen LogP contribution in [0.1, 0.15) is 42.3 Å². The molecule has 1 aliphatic carbocycles. The average Bonchev–Trinajstić information content (AvgIpc) is 3.09. The van der Waals surface area contributed by atoms with Crippen molar-refractivity contribution in [1.82, 2.24) is 5.32 Å². The molecule has 0 saturated heterocycles. The minimum absolute atomic E-state index is 0.113. The van der Waals surface area contributed by atoms with E-state index in [0.29, 0.717) is 0 Å². The van der Waals surface area contributed by atoms with E-state index < -0.39 is 17.0 Å². The van der Waals surface area contributed by atoms with Crippen LogP contribution in [0.25, 0.3) is 0 Å². The molecule has 7 nitrogen and oxygen atoms in total. The molecule has 8 heteroatoms. The second-order valence-corrected chi connectivity index (χ2v) is 5.99. The summed E-state index contributed by atoms with van der Waals surface area (Å²) in [5, 5.41) is 13.3. The summed E-state index contributed by atoms with van der Waals surface area (Å²) in [6.45, 7) is 1.49. The zero-order valence-electron chi connectivity index (χ0n) is 11.5. The minimum atomic E-state index is -0.917. The fourth-order valence-corrected chi connectivity index (χ4v) is 2.90. The van der Waals surface area contributed by atoms with Crippen LogP contribution in [0.2, 0.25) is 0 Å². The molecule has 1 aliphatic rings. The van der Waals surface area contributed by atoms with Gasteiger partial charge < -0.3 is 10.1 Å². The highest BCUT2D eigenvalue weighted by Crippen LogP contribution is 2.25. The summed E-state index contributed by atoms with van der Waals surface area (Å²) in [6.07, 6.45) is 3.17. The number of nitrogens with zero attached hydrogens (tertiary/aromatic N) is 1. The van der Waals surface area contributed by atoms with Crippen LogP contribution >= 0.6 is 11.3 Å². The van der Waals surface area contributed by atoms with Gasteiger partial charge in [0.15, 0.2) is 6.10 Å². The summed E-state index contributed by atoms with van der Waals surface area (Å²) in [5.41, 5.74) is 0. The molecule has 1 aromatic heterocycles. The standard InChI is InChI=1S/C13H16N2O5S/c1-8(12(16)14-9-4-2-3-5-9)20-13(17)10-6-7-11(21-10)15(18)19/h6-9H,2-5H2,1H3,(H,14,16)/t8-/m1/s1. The molecule has 1 atom stereocenters. The van der Waals surface area contributed by atoms with E-state index in [9.17, 15) is 19.7 Å². The molecule has 0 spiro atoms. The van der Waals surface area contributed by atoms with Gasteiger partial charge in [0.05, 0.1) is 4.92 Å². The molecule has 0 bridgehead atoms. The van der Waals surface area contributed by atoms with Gasteiger partial charge in [-0.05, 0) is 25.8 Å². The maximum Gasteiger partial charge on any atom is 0.349 e. The maximum absolute atomic E-state index is 11.9. The van der Waals surface area contributed by atoms with E-state index in [0.717, 1.165) is 37.0 Å². The number of rotatable bonds is 5. The molecule has 1 amide bonds. The van der Waals surface area contributed by atoms with Crippen molar-refractivity contribution in [3.8, 4) is 0 Å². The van der Waals surface area contributed by atoms with Crippen molar-refractivity contribution in [2.75, 3.05) is 0 Å². The first kappa shape index (κ1) is 15.4. The van der Waals surface area contributed by atoms with Crippen LogP contribution in [0, 0.1) is 10.1 Å². The molecule has 1 aromatic rings.